The molecule has 1 N–H and O–H groups in total. The van der Waals surface area contributed by atoms with Crippen LogP contribution in [0.3, 0.4) is 0 Å². The van der Waals surface area contributed by atoms with E-state index in [-0.39, 0.29) is 24.0 Å². The van der Waals surface area contributed by atoms with Crippen LogP contribution >= 0.6 is 24.0 Å². The molecular weight excluding hydrogens is 503 g/mol. The van der Waals surface area contributed by atoms with Gasteiger partial charge in [-0.25, -0.2) is 4.68 Å². The van der Waals surface area contributed by atoms with E-state index in [0.29, 0.717) is 6.54 Å². The molecule has 0 spiro atoms. The van der Waals surface area contributed by atoms with Gasteiger partial charge in [0.1, 0.15) is 5.75 Å². The molecule has 4 rings (SSSR count). The highest BCUT2D eigenvalue weighted by molar-refractivity contribution is 14.0. The van der Waals surface area contributed by atoms with Crippen LogP contribution in [0.4, 0.5) is 5.69 Å². The summed E-state index contributed by atoms with van der Waals surface area (Å²) in [6, 6.07) is 20.4. The van der Waals surface area contributed by atoms with Crippen LogP contribution in [-0.4, -0.2) is 61.0 Å². The number of aromatic nitrogens is 2. The van der Waals surface area contributed by atoms with Crippen molar-refractivity contribution in [3.63, 3.8) is 0 Å². The zero-order valence-corrected chi connectivity index (χ0v) is 20.3. The molecule has 31 heavy (non-hydrogen) atoms. The van der Waals surface area contributed by atoms with Gasteiger partial charge in [0, 0.05) is 51.2 Å². The highest BCUT2D eigenvalue weighted by Gasteiger charge is 2.20. The van der Waals surface area contributed by atoms with E-state index in [0.717, 1.165) is 49.3 Å². The number of anilines is 1. The highest BCUT2D eigenvalue weighted by atomic mass is 127. The van der Waals surface area contributed by atoms with Gasteiger partial charge < -0.3 is 19.9 Å². The first-order chi connectivity index (χ1) is 14.8. The summed E-state index contributed by atoms with van der Waals surface area (Å²) in [6.07, 6.45) is 1.99. The van der Waals surface area contributed by atoms with Crippen LogP contribution in [0.5, 0.6) is 5.75 Å². The predicted molar refractivity (Wildman–Crippen MR) is 136 cm³/mol. The molecular formula is C23H29IN6O. The minimum atomic E-state index is 0. The second kappa shape index (κ2) is 11.0. The molecule has 0 amide bonds. The number of rotatable bonds is 5. The minimum absolute atomic E-state index is 0. The Morgan fingerprint density at radius 2 is 1.74 bits per heavy atom. The third-order valence-electron chi connectivity index (χ3n) is 5.30. The van der Waals surface area contributed by atoms with E-state index in [4.69, 9.17) is 4.74 Å². The van der Waals surface area contributed by atoms with Gasteiger partial charge >= 0.3 is 0 Å². The summed E-state index contributed by atoms with van der Waals surface area (Å²) >= 11 is 0. The number of benzene rings is 2. The second-order valence-corrected chi connectivity index (χ2v) is 7.16. The number of hydrogen-bond donors (Lipinski definition) is 1. The first-order valence-corrected chi connectivity index (χ1v) is 10.2. The van der Waals surface area contributed by atoms with Crippen LogP contribution in [0.15, 0.2) is 71.9 Å². The Morgan fingerprint density at radius 3 is 2.45 bits per heavy atom. The Labute approximate surface area is 200 Å². The molecule has 164 valence electrons. The lowest BCUT2D eigenvalue weighted by molar-refractivity contribution is 0.371. The molecule has 1 aromatic heterocycles. The number of piperazine rings is 1. The molecule has 1 fully saturated rings. The molecule has 0 saturated carbocycles. The molecule has 7 nitrogen and oxygen atoms in total. The van der Waals surface area contributed by atoms with E-state index >= 15 is 0 Å². The summed E-state index contributed by atoms with van der Waals surface area (Å²) < 4.78 is 7.25. The van der Waals surface area contributed by atoms with Crippen molar-refractivity contribution in [1.82, 2.24) is 20.0 Å². The number of nitrogens with zero attached hydrogens (tertiary/aromatic N) is 5. The van der Waals surface area contributed by atoms with Crippen LogP contribution in [0.2, 0.25) is 0 Å². The van der Waals surface area contributed by atoms with Crippen molar-refractivity contribution in [2.75, 3.05) is 45.2 Å². The molecule has 0 radical (unpaired) electrons. The molecule has 2 aromatic carbocycles. The number of methoxy groups -OCH3 is 1. The Bertz CT molecular complexity index is 982. The lowest BCUT2D eigenvalue weighted by Gasteiger charge is -2.37. The third-order valence-corrected chi connectivity index (χ3v) is 5.30. The number of ether oxygens (including phenoxy) is 1. The van der Waals surface area contributed by atoms with Gasteiger partial charge in [-0.15, -0.1) is 24.0 Å². The fourth-order valence-electron chi connectivity index (χ4n) is 3.67. The zero-order chi connectivity index (χ0) is 20.8. The summed E-state index contributed by atoms with van der Waals surface area (Å²) in [7, 11) is 3.54. The molecule has 2 heterocycles. The molecule has 8 heteroatoms. The van der Waals surface area contributed by atoms with Gasteiger partial charge in [-0.3, -0.25) is 4.99 Å². The topological polar surface area (TPSA) is 57.9 Å². The predicted octanol–water partition coefficient (Wildman–Crippen LogP) is 3.40. The first-order valence-electron chi connectivity index (χ1n) is 10.2. The summed E-state index contributed by atoms with van der Waals surface area (Å²) in [5, 5.41) is 8.12. The number of aliphatic imine (C=N–C) groups is 1. The minimum Gasteiger partial charge on any atom is -0.497 e. The van der Waals surface area contributed by atoms with Crippen molar-refractivity contribution in [2.45, 2.75) is 6.54 Å². The van der Waals surface area contributed by atoms with E-state index in [9.17, 15) is 0 Å². The van der Waals surface area contributed by atoms with Crippen molar-refractivity contribution < 1.29 is 4.74 Å². The van der Waals surface area contributed by atoms with E-state index in [1.165, 1.54) is 5.69 Å². The van der Waals surface area contributed by atoms with Gasteiger partial charge in [0.05, 0.1) is 25.0 Å². The number of guanidine groups is 1. The third kappa shape index (κ3) is 5.69. The van der Waals surface area contributed by atoms with Crippen LogP contribution in [0.1, 0.15) is 5.69 Å². The van der Waals surface area contributed by atoms with Crippen molar-refractivity contribution in [2.24, 2.45) is 4.99 Å². The van der Waals surface area contributed by atoms with Crippen molar-refractivity contribution >= 4 is 35.6 Å². The number of hydrogen-bond acceptors (Lipinski definition) is 4. The van der Waals surface area contributed by atoms with Gasteiger partial charge in [0.25, 0.3) is 0 Å². The molecule has 0 atom stereocenters. The Morgan fingerprint density at radius 1 is 1.00 bits per heavy atom. The smallest absolute Gasteiger partial charge is 0.194 e. The van der Waals surface area contributed by atoms with Crippen molar-refractivity contribution in [3.8, 4) is 11.4 Å². The van der Waals surface area contributed by atoms with E-state index in [1.807, 2.05) is 66.5 Å². The van der Waals surface area contributed by atoms with Crippen LogP contribution < -0.4 is 15.0 Å². The van der Waals surface area contributed by atoms with E-state index < -0.39 is 0 Å². The second-order valence-electron chi connectivity index (χ2n) is 7.16. The van der Waals surface area contributed by atoms with Crippen molar-refractivity contribution in [1.29, 1.82) is 0 Å². The molecule has 0 bridgehead atoms. The van der Waals surface area contributed by atoms with Crippen LogP contribution in [0.25, 0.3) is 5.69 Å². The number of nitrogens with one attached hydrogen (secondary N) is 1. The maximum absolute atomic E-state index is 5.35. The standard InChI is InChI=1S/C23H28N6O.HI/c1-24-23(25-18-19-11-12-29(26-19)20-7-4-3-5-8-20)28-15-13-27(14-16-28)21-9-6-10-22(17-21)30-2;/h3-12,17H,13-16,18H2,1-2H3,(H,24,25);1H. The first kappa shape index (κ1) is 22.9. The molecule has 0 unspecified atom stereocenters. The van der Waals surface area contributed by atoms with Gasteiger partial charge in [0.2, 0.25) is 0 Å². The number of halogens is 1. The maximum Gasteiger partial charge on any atom is 0.194 e. The fourth-order valence-corrected chi connectivity index (χ4v) is 3.67. The van der Waals surface area contributed by atoms with Gasteiger partial charge in [-0.2, -0.15) is 5.10 Å². The molecule has 0 aliphatic carbocycles. The zero-order valence-electron chi connectivity index (χ0n) is 17.9. The monoisotopic (exact) mass is 532 g/mol. The summed E-state index contributed by atoms with van der Waals surface area (Å²) in [4.78, 5) is 9.15. The maximum atomic E-state index is 5.35. The van der Waals surface area contributed by atoms with E-state index in [2.05, 4.69) is 37.3 Å². The summed E-state index contributed by atoms with van der Waals surface area (Å²) in [5.41, 5.74) is 3.24. The summed E-state index contributed by atoms with van der Waals surface area (Å²) in [6.45, 7) is 4.35. The van der Waals surface area contributed by atoms with E-state index in [1.54, 1.807) is 7.11 Å². The molecule has 1 aliphatic heterocycles. The Hall–Kier alpha value is -2.75. The van der Waals surface area contributed by atoms with Crippen LogP contribution in [-0.2, 0) is 6.54 Å². The molecule has 1 aliphatic rings. The Balaban J connectivity index is 0.00000272. The van der Waals surface area contributed by atoms with Crippen LogP contribution in [0, 0.1) is 0 Å². The largest absolute Gasteiger partial charge is 0.497 e. The number of para-hydroxylation sites is 1. The highest BCUT2D eigenvalue weighted by Crippen LogP contribution is 2.22. The van der Waals surface area contributed by atoms with Gasteiger partial charge in [0.15, 0.2) is 5.96 Å². The van der Waals surface area contributed by atoms with Gasteiger partial charge in [-0.05, 0) is 30.3 Å². The average Bonchev–Trinajstić information content (AvgIpc) is 3.30. The Kier molecular flexibility index (Phi) is 8.16. The molecule has 3 aromatic rings. The SMILES string of the molecule is CN=C(NCc1ccn(-c2ccccc2)n1)N1CCN(c2cccc(OC)c2)CC1.I. The molecule has 1 saturated heterocycles. The fraction of sp³-hybridized carbons (Fsp3) is 0.304. The lowest BCUT2D eigenvalue weighted by Crippen LogP contribution is -2.52. The lowest BCUT2D eigenvalue weighted by atomic mass is 10.2. The van der Waals surface area contributed by atoms with Crippen molar-refractivity contribution in [3.05, 3.63) is 72.6 Å². The quantitative estimate of drug-likeness (QED) is 0.310. The summed E-state index contributed by atoms with van der Waals surface area (Å²) in [5.74, 6) is 1.80. The average molecular weight is 532 g/mol. The normalized spacial score (nSPS) is 14.2. The van der Waals surface area contributed by atoms with Gasteiger partial charge in [-0.1, -0.05) is 24.3 Å².